The summed E-state index contributed by atoms with van der Waals surface area (Å²) < 4.78 is 26.8. The van der Waals surface area contributed by atoms with Crippen LogP contribution in [-0.2, 0) is 0 Å². The van der Waals surface area contributed by atoms with Crippen molar-refractivity contribution in [1.29, 1.82) is 0 Å². The van der Waals surface area contributed by atoms with Crippen molar-refractivity contribution in [1.82, 2.24) is 10.3 Å². The van der Waals surface area contributed by atoms with Crippen molar-refractivity contribution in [3.05, 3.63) is 82.0 Å². The number of pyridine rings is 1. The van der Waals surface area contributed by atoms with E-state index in [-0.39, 0.29) is 21.8 Å². The van der Waals surface area contributed by atoms with Crippen LogP contribution in [0, 0.1) is 11.6 Å². The predicted molar refractivity (Wildman–Crippen MR) is 103 cm³/mol. The van der Waals surface area contributed by atoms with Crippen LogP contribution in [0.15, 0.2) is 54.6 Å². The third kappa shape index (κ3) is 4.44. The number of urea groups is 1. The number of nitrogens with zero attached hydrogens (tertiary/aromatic N) is 1. The Morgan fingerprint density at radius 1 is 0.929 bits per heavy atom. The normalized spacial score (nSPS) is 10.4. The molecule has 0 saturated heterocycles. The third-order valence-corrected chi connectivity index (χ3v) is 4.27. The predicted octanol–water partition coefficient (Wildman–Crippen LogP) is 5.30. The zero-order chi connectivity index (χ0) is 20.3. The first-order valence-electron chi connectivity index (χ1n) is 7.84. The van der Waals surface area contributed by atoms with Gasteiger partial charge < -0.3 is 0 Å². The Kier molecular flexibility index (Phi) is 5.87. The fourth-order valence-corrected chi connectivity index (χ4v) is 2.89. The number of aromatic nitrogens is 1. The molecule has 3 amide bonds. The van der Waals surface area contributed by atoms with Crippen LogP contribution < -0.4 is 10.6 Å². The molecule has 3 aromatic rings. The van der Waals surface area contributed by atoms with E-state index in [0.717, 1.165) is 6.07 Å². The molecule has 0 saturated carbocycles. The van der Waals surface area contributed by atoms with E-state index >= 15 is 0 Å². The van der Waals surface area contributed by atoms with Gasteiger partial charge in [0.1, 0.15) is 22.6 Å². The molecular formula is C19H11Cl2F2N3O2. The van der Waals surface area contributed by atoms with E-state index in [1.165, 1.54) is 42.5 Å². The molecule has 0 aliphatic heterocycles. The average Bonchev–Trinajstić information content (AvgIpc) is 2.62. The Morgan fingerprint density at radius 2 is 1.64 bits per heavy atom. The van der Waals surface area contributed by atoms with Gasteiger partial charge in [0, 0.05) is 5.56 Å². The highest BCUT2D eigenvalue weighted by Gasteiger charge is 2.18. The quantitative estimate of drug-likeness (QED) is 0.563. The van der Waals surface area contributed by atoms with Gasteiger partial charge >= 0.3 is 6.03 Å². The van der Waals surface area contributed by atoms with E-state index < -0.39 is 23.3 Å². The summed E-state index contributed by atoms with van der Waals surface area (Å²) in [7, 11) is 0. The second kappa shape index (κ2) is 8.33. The van der Waals surface area contributed by atoms with Crippen molar-refractivity contribution in [3.63, 3.8) is 0 Å². The summed E-state index contributed by atoms with van der Waals surface area (Å²) in [6.45, 7) is 0. The molecule has 142 valence electrons. The highest BCUT2D eigenvalue weighted by molar-refractivity contribution is 6.34. The van der Waals surface area contributed by atoms with E-state index in [1.54, 1.807) is 6.07 Å². The Balaban J connectivity index is 1.71. The van der Waals surface area contributed by atoms with Crippen molar-refractivity contribution < 1.29 is 18.4 Å². The number of carbonyl (C=O) groups excluding carboxylic acids is 2. The molecule has 1 heterocycles. The van der Waals surface area contributed by atoms with Gasteiger partial charge in [-0.05, 0) is 42.0 Å². The Morgan fingerprint density at radius 3 is 2.29 bits per heavy atom. The van der Waals surface area contributed by atoms with Crippen LogP contribution in [0.4, 0.5) is 19.4 Å². The number of halogens is 4. The van der Waals surface area contributed by atoms with Crippen LogP contribution in [0.5, 0.6) is 0 Å². The van der Waals surface area contributed by atoms with Crippen LogP contribution in [0.2, 0.25) is 10.2 Å². The van der Waals surface area contributed by atoms with Gasteiger partial charge in [-0.1, -0.05) is 41.4 Å². The van der Waals surface area contributed by atoms with Crippen LogP contribution in [0.3, 0.4) is 0 Å². The SMILES string of the molecule is O=C(NC(=O)c1c(F)cccc1Cl)Nc1ccc(-c2ccc(F)cc2)c(Cl)n1. The molecule has 0 spiro atoms. The second-order valence-corrected chi connectivity index (χ2v) is 6.31. The highest BCUT2D eigenvalue weighted by Crippen LogP contribution is 2.28. The monoisotopic (exact) mass is 421 g/mol. The number of amides is 3. The molecule has 0 aliphatic rings. The first-order valence-corrected chi connectivity index (χ1v) is 8.59. The number of nitrogens with one attached hydrogen (secondary N) is 2. The maximum atomic E-state index is 13.7. The molecule has 0 atom stereocenters. The molecule has 2 N–H and O–H groups in total. The smallest absolute Gasteiger partial charge is 0.292 e. The van der Waals surface area contributed by atoms with Crippen LogP contribution >= 0.6 is 23.2 Å². The number of carbonyl (C=O) groups is 2. The van der Waals surface area contributed by atoms with Gasteiger partial charge in [-0.2, -0.15) is 0 Å². The zero-order valence-corrected chi connectivity index (χ0v) is 15.5. The standard InChI is InChI=1S/C19H11Cl2F2N3O2/c20-13-2-1-3-14(23)16(13)18(27)26-19(28)25-15-9-8-12(17(21)24-15)10-4-6-11(22)7-5-10/h1-9H,(H2,24,25,26,27,28). The molecule has 0 radical (unpaired) electrons. The van der Waals surface area contributed by atoms with Crippen molar-refractivity contribution >= 4 is 41.0 Å². The van der Waals surface area contributed by atoms with Crippen molar-refractivity contribution in [2.24, 2.45) is 0 Å². The number of hydrogen-bond donors (Lipinski definition) is 2. The minimum Gasteiger partial charge on any atom is -0.292 e. The lowest BCUT2D eigenvalue weighted by atomic mass is 10.1. The summed E-state index contributed by atoms with van der Waals surface area (Å²) >= 11 is 11.9. The van der Waals surface area contributed by atoms with Crippen LogP contribution in [0.25, 0.3) is 11.1 Å². The average molecular weight is 422 g/mol. The lowest BCUT2D eigenvalue weighted by molar-refractivity contribution is 0.0963. The van der Waals surface area contributed by atoms with Crippen LogP contribution in [0.1, 0.15) is 10.4 Å². The summed E-state index contributed by atoms with van der Waals surface area (Å²) in [5.74, 6) is -2.19. The molecule has 9 heteroatoms. The molecule has 2 aromatic carbocycles. The van der Waals surface area contributed by atoms with Gasteiger partial charge in [-0.15, -0.1) is 0 Å². The number of imide groups is 1. The number of rotatable bonds is 3. The molecule has 3 rings (SSSR count). The molecule has 5 nitrogen and oxygen atoms in total. The van der Waals surface area contributed by atoms with Crippen LogP contribution in [-0.4, -0.2) is 16.9 Å². The van der Waals surface area contributed by atoms with Gasteiger partial charge in [0.15, 0.2) is 0 Å². The third-order valence-electron chi connectivity index (χ3n) is 3.66. The largest absolute Gasteiger partial charge is 0.327 e. The minimum absolute atomic E-state index is 0.0563. The van der Waals surface area contributed by atoms with Crippen molar-refractivity contribution in [2.45, 2.75) is 0 Å². The van der Waals surface area contributed by atoms with Gasteiger partial charge in [-0.3, -0.25) is 15.4 Å². The summed E-state index contributed by atoms with van der Waals surface area (Å²) in [6, 6.07) is 11.4. The Bertz CT molecular complexity index is 1040. The van der Waals surface area contributed by atoms with Crippen molar-refractivity contribution in [2.75, 3.05) is 5.32 Å². The fourth-order valence-electron chi connectivity index (χ4n) is 2.38. The van der Waals surface area contributed by atoms with Gasteiger partial charge in [0.05, 0.1) is 10.6 Å². The number of anilines is 1. The minimum atomic E-state index is -1.00. The summed E-state index contributed by atoms with van der Waals surface area (Å²) in [5.41, 5.74) is 0.720. The Labute approximate surface area is 168 Å². The Hall–Kier alpha value is -3.03. The lowest BCUT2D eigenvalue weighted by Gasteiger charge is -2.10. The summed E-state index contributed by atoms with van der Waals surface area (Å²) in [5, 5.41) is 4.21. The van der Waals surface area contributed by atoms with E-state index in [0.29, 0.717) is 11.1 Å². The van der Waals surface area contributed by atoms with Gasteiger partial charge in [0.2, 0.25) is 0 Å². The fraction of sp³-hybridized carbons (Fsp3) is 0. The maximum absolute atomic E-state index is 13.7. The summed E-state index contributed by atoms with van der Waals surface area (Å²) in [4.78, 5) is 28.1. The highest BCUT2D eigenvalue weighted by atomic mass is 35.5. The summed E-state index contributed by atoms with van der Waals surface area (Å²) in [6.07, 6.45) is 0. The number of benzene rings is 2. The molecule has 0 bridgehead atoms. The van der Waals surface area contributed by atoms with E-state index in [9.17, 15) is 18.4 Å². The first kappa shape index (κ1) is 19.7. The molecule has 1 aromatic heterocycles. The second-order valence-electron chi connectivity index (χ2n) is 5.55. The first-order chi connectivity index (χ1) is 13.3. The molecule has 28 heavy (non-hydrogen) atoms. The van der Waals surface area contributed by atoms with Crippen molar-refractivity contribution in [3.8, 4) is 11.1 Å². The van der Waals surface area contributed by atoms with E-state index in [1.807, 2.05) is 5.32 Å². The van der Waals surface area contributed by atoms with Gasteiger partial charge in [0.25, 0.3) is 5.91 Å². The van der Waals surface area contributed by atoms with E-state index in [2.05, 4.69) is 10.3 Å². The zero-order valence-electron chi connectivity index (χ0n) is 14.0. The molecular weight excluding hydrogens is 411 g/mol. The molecule has 0 fully saturated rings. The van der Waals surface area contributed by atoms with Gasteiger partial charge in [-0.25, -0.2) is 18.6 Å². The molecule has 0 aliphatic carbocycles. The maximum Gasteiger partial charge on any atom is 0.327 e. The molecule has 0 unspecified atom stereocenters. The lowest BCUT2D eigenvalue weighted by Crippen LogP contribution is -2.35. The number of hydrogen-bond acceptors (Lipinski definition) is 3. The van der Waals surface area contributed by atoms with E-state index in [4.69, 9.17) is 23.2 Å². The topological polar surface area (TPSA) is 71.1 Å².